The molecular formula is C48H31F2O2P. The van der Waals surface area contributed by atoms with E-state index in [1.807, 2.05) is 72.8 Å². The second kappa shape index (κ2) is 13.3. The highest BCUT2D eigenvalue weighted by molar-refractivity contribution is 7.85. The summed E-state index contributed by atoms with van der Waals surface area (Å²) in [6.45, 7) is 0. The van der Waals surface area contributed by atoms with Crippen molar-refractivity contribution in [2.75, 3.05) is 0 Å². The fourth-order valence-electron chi connectivity index (χ4n) is 7.48. The molecule has 0 bridgehead atoms. The first-order chi connectivity index (χ1) is 26.0. The molecule has 0 aliphatic carbocycles. The van der Waals surface area contributed by atoms with Crippen LogP contribution in [0.2, 0.25) is 0 Å². The summed E-state index contributed by atoms with van der Waals surface area (Å²) in [7, 11) is -3.77. The number of hydrogen-bond donors (Lipinski definition) is 0. The molecule has 0 radical (unpaired) electrons. The predicted octanol–water partition coefficient (Wildman–Crippen LogP) is 12.0. The van der Waals surface area contributed by atoms with Crippen LogP contribution in [0.25, 0.3) is 55.6 Å². The Morgan fingerprint density at radius 2 is 0.755 bits per heavy atom. The molecule has 0 saturated heterocycles. The van der Waals surface area contributed by atoms with Crippen LogP contribution in [0, 0.1) is 11.6 Å². The van der Waals surface area contributed by atoms with Gasteiger partial charge in [-0.1, -0.05) is 146 Å². The van der Waals surface area contributed by atoms with Crippen molar-refractivity contribution in [2.24, 2.45) is 0 Å². The number of ether oxygens (including phenoxy) is 1. The number of halogens is 2. The number of hydrogen-bond acceptors (Lipinski definition) is 2. The quantitative estimate of drug-likeness (QED) is 0.161. The zero-order chi connectivity index (χ0) is 35.9. The Morgan fingerprint density at radius 1 is 0.377 bits per heavy atom. The third kappa shape index (κ3) is 5.69. The summed E-state index contributed by atoms with van der Waals surface area (Å²) < 4.78 is 51.1. The van der Waals surface area contributed by atoms with Crippen LogP contribution >= 0.6 is 7.14 Å². The van der Waals surface area contributed by atoms with Crippen molar-refractivity contribution in [1.82, 2.24) is 0 Å². The molecule has 9 rings (SSSR count). The number of benzene rings is 8. The van der Waals surface area contributed by atoms with Crippen LogP contribution in [0.1, 0.15) is 0 Å². The third-order valence-corrected chi connectivity index (χ3v) is 13.0. The van der Waals surface area contributed by atoms with E-state index < -0.39 is 18.8 Å². The standard InChI is InChI=1S/C48H31F2O2P/c49-37-23-27-42-44(29-37)53(51,45-30-38(50)24-28-43(45)52-42)39-25-21-36(22-26-39)48-46(34-17-9-3-10-18-34)40(32-13-5-1-6-14-32)31-41(33-15-7-2-8-16-33)47(48)35-19-11-4-12-20-35/h1-31H. The zero-order valence-corrected chi connectivity index (χ0v) is 29.3. The van der Waals surface area contributed by atoms with Crippen molar-refractivity contribution in [3.63, 3.8) is 0 Å². The summed E-state index contributed by atoms with van der Waals surface area (Å²) in [6, 6.07) is 59.5. The van der Waals surface area contributed by atoms with E-state index in [9.17, 15) is 8.78 Å². The summed E-state index contributed by atoms with van der Waals surface area (Å²) in [4.78, 5) is 0. The van der Waals surface area contributed by atoms with Gasteiger partial charge in [-0.25, -0.2) is 8.78 Å². The molecule has 8 aromatic carbocycles. The molecule has 0 aromatic heterocycles. The Balaban J connectivity index is 1.36. The molecule has 0 spiro atoms. The molecule has 0 saturated carbocycles. The van der Waals surface area contributed by atoms with Gasteiger partial charge in [-0.05, 0) is 98.1 Å². The maximum Gasteiger partial charge on any atom is 0.178 e. The average molecular weight is 709 g/mol. The molecule has 1 heterocycles. The van der Waals surface area contributed by atoms with E-state index in [0.717, 1.165) is 55.6 Å². The van der Waals surface area contributed by atoms with Gasteiger partial charge in [0, 0.05) is 5.30 Å². The van der Waals surface area contributed by atoms with Gasteiger partial charge < -0.3 is 9.30 Å². The maximum absolute atomic E-state index is 15.5. The molecule has 1 aliphatic rings. The largest absolute Gasteiger partial charge is 0.456 e. The summed E-state index contributed by atoms with van der Waals surface area (Å²) >= 11 is 0. The Bertz CT molecular complexity index is 2500. The van der Waals surface area contributed by atoms with Crippen LogP contribution in [0.15, 0.2) is 188 Å². The fourth-order valence-corrected chi connectivity index (χ4v) is 10.3. The van der Waals surface area contributed by atoms with Crippen LogP contribution in [-0.2, 0) is 4.57 Å². The number of rotatable bonds is 6. The van der Waals surface area contributed by atoms with Crippen molar-refractivity contribution >= 4 is 23.1 Å². The van der Waals surface area contributed by atoms with Gasteiger partial charge >= 0.3 is 0 Å². The minimum atomic E-state index is -3.77. The SMILES string of the molecule is O=P1(c2ccc(-c3c(-c4ccccc4)c(-c4ccccc4)cc(-c4ccccc4)c3-c3ccccc3)cc2)c2cc(F)ccc2Oc2ccc(F)cc21. The molecular weight excluding hydrogens is 677 g/mol. The van der Waals surface area contributed by atoms with Gasteiger partial charge in [0.2, 0.25) is 0 Å². The van der Waals surface area contributed by atoms with Crippen molar-refractivity contribution in [3.05, 3.63) is 200 Å². The highest BCUT2D eigenvalue weighted by atomic mass is 31.2. The van der Waals surface area contributed by atoms with Gasteiger partial charge in [-0.2, -0.15) is 0 Å². The van der Waals surface area contributed by atoms with Gasteiger partial charge in [0.25, 0.3) is 0 Å². The van der Waals surface area contributed by atoms with E-state index in [1.165, 1.54) is 36.4 Å². The lowest BCUT2D eigenvalue weighted by atomic mass is 9.79. The minimum Gasteiger partial charge on any atom is -0.456 e. The van der Waals surface area contributed by atoms with Crippen LogP contribution in [-0.4, -0.2) is 0 Å². The first-order valence-electron chi connectivity index (χ1n) is 17.4. The van der Waals surface area contributed by atoms with Gasteiger partial charge in [0.15, 0.2) is 7.14 Å². The third-order valence-electron chi connectivity index (χ3n) is 9.88. The monoisotopic (exact) mass is 708 g/mol. The van der Waals surface area contributed by atoms with E-state index in [1.54, 1.807) is 0 Å². The van der Waals surface area contributed by atoms with Crippen molar-refractivity contribution in [1.29, 1.82) is 0 Å². The average Bonchev–Trinajstić information content (AvgIpc) is 3.22. The van der Waals surface area contributed by atoms with E-state index in [-0.39, 0.29) is 10.6 Å². The Kier molecular flexibility index (Phi) is 8.18. The zero-order valence-electron chi connectivity index (χ0n) is 28.4. The fraction of sp³-hybridized carbons (Fsp3) is 0. The van der Waals surface area contributed by atoms with Crippen LogP contribution < -0.4 is 20.7 Å². The first kappa shape index (κ1) is 32.6. The highest BCUT2D eigenvalue weighted by Crippen LogP contribution is 2.53. The molecule has 53 heavy (non-hydrogen) atoms. The molecule has 254 valence electrons. The predicted molar refractivity (Wildman–Crippen MR) is 213 cm³/mol. The maximum atomic E-state index is 15.5. The number of fused-ring (bicyclic) bond motifs is 2. The van der Waals surface area contributed by atoms with Gasteiger partial charge in [-0.15, -0.1) is 0 Å². The molecule has 1 aliphatic heterocycles. The normalized spacial score (nSPS) is 12.7. The lowest BCUT2D eigenvalue weighted by molar-refractivity contribution is 0.481. The molecule has 5 heteroatoms. The van der Waals surface area contributed by atoms with E-state index >= 15 is 4.57 Å². The summed E-state index contributed by atoms with van der Waals surface area (Å²) in [6.07, 6.45) is 0. The lowest BCUT2D eigenvalue weighted by Crippen LogP contribution is -2.31. The van der Waals surface area contributed by atoms with Gasteiger partial charge in [0.1, 0.15) is 23.1 Å². The van der Waals surface area contributed by atoms with Crippen molar-refractivity contribution in [3.8, 4) is 67.1 Å². The Hall–Kier alpha value is -6.35. The molecule has 0 fully saturated rings. The van der Waals surface area contributed by atoms with Crippen molar-refractivity contribution < 1.29 is 18.1 Å². The summed E-state index contributed by atoms with van der Waals surface area (Å²) in [5.41, 5.74) is 10.4. The van der Waals surface area contributed by atoms with E-state index in [2.05, 4.69) is 78.9 Å². The molecule has 8 aromatic rings. The molecule has 0 amide bonds. The summed E-state index contributed by atoms with van der Waals surface area (Å²) in [5, 5.41) is 0.861. The van der Waals surface area contributed by atoms with Crippen LogP contribution in [0.4, 0.5) is 8.78 Å². The summed E-state index contributed by atoms with van der Waals surface area (Å²) in [5.74, 6) is -0.511. The first-order valence-corrected chi connectivity index (χ1v) is 19.1. The molecule has 0 atom stereocenters. The molecule has 0 unspecified atom stereocenters. The van der Waals surface area contributed by atoms with Crippen LogP contribution in [0.5, 0.6) is 11.5 Å². The Morgan fingerprint density at radius 3 is 1.17 bits per heavy atom. The van der Waals surface area contributed by atoms with E-state index in [0.29, 0.717) is 16.8 Å². The van der Waals surface area contributed by atoms with Gasteiger partial charge in [-0.3, -0.25) is 0 Å². The van der Waals surface area contributed by atoms with Gasteiger partial charge in [0.05, 0.1) is 10.6 Å². The smallest absolute Gasteiger partial charge is 0.178 e. The topological polar surface area (TPSA) is 26.3 Å². The molecule has 2 nitrogen and oxygen atoms in total. The highest BCUT2D eigenvalue weighted by Gasteiger charge is 2.40. The second-order valence-electron chi connectivity index (χ2n) is 13.0. The minimum absolute atomic E-state index is 0.204. The van der Waals surface area contributed by atoms with E-state index in [4.69, 9.17) is 4.74 Å². The van der Waals surface area contributed by atoms with Crippen LogP contribution in [0.3, 0.4) is 0 Å². The second-order valence-corrected chi connectivity index (χ2v) is 15.7. The Labute approximate surface area is 307 Å². The van der Waals surface area contributed by atoms with Crippen molar-refractivity contribution in [2.45, 2.75) is 0 Å². The molecule has 0 N–H and O–H groups in total. The lowest BCUT2D eigenvalue weighted by Gasteiger charge is -2.29.